The lowest BCUT2D eigenvalue weighted by atomic mass is 10.1. The fraction of sp³-hybridized carbons (Fsp3) is 0.571. The molecule has 1 rings (SSSR count). The summed E-state index contributed by atoms with van der Waals surface area (Å²) in [5, 5.41) is 0. The summed E-state index contributed by atoms with van der Waals surface area (Å²) in [4.78, 5) is 2.09. The minimum Gasteiger partial charge on any atom is -0.377 e. The lowest BCUT2D eigenvalue weighted by molar-refractivity contribution is 0.0564. The van der Waals surface area contributed by atoms with Gasteiger partial charge in [0, 0.05) is 19.1 Å². The van der Waals surface area contributed by atoms with Gasteiger partial charge in [0.25, 0.3) is 0 Å². The normalized spacial score (nSPS) is 13.3. The Morgan fingerprint density at radius 1 is 1.39 bits per heavy atom. The van der Waals surface area contributed by atoms with E-state index in [9.17, 15) is 4.39 Å². The van der Waals surface area contributed by atoms with Crippen LogP contribution in [0.3, 0.4) is 0 Å². The number of rotatable bonds is 7. The first-order valence-corrected chi connectivity index (χ1v) is 6.32. The second-order valence-electron chi connectivity index (χ2n) is 4.71. The van der Waals surface area contributed by atoms with E-state index in [-0.39, 0.29) is 18.0 Å². The molecular weight excluding hydrogens is 231 g/mol. The molecule has 0 fully saturated rings. The first-order valence-electron chi connectivity index (χ1n) is 6.32. The maximum Gasteiger partial charge on any atom is 0.123 e. The number of hydrogen-bond donors (Lipinski definition) is 1. The standard InChI is InChI=1S/C14H23FN2O/c1-11(2)18-8-7-17(3)14(10-16)12-5-4-6-13(15)9-12/h4-6,9,11,14H,7-8,10,16H2,1-3H3. The summed E-state index contributed by atoms with van der Waals surface area (Å²) in [6, 6.07) is 6.62. The lowest BCUT2D eigenvalue weighted by Crippen LogP contribution is -2.33. The quantitative estimate of drug-likeness (QED) is 0.810. The van der Waals surface area contributed by atoms with Gasteiger partial charge in [-0.05, 0) is 38.6 Å². The van der Waals surface area contributed by atoms with Crippen LogP contribution in [0.15, 0.2) is 24.3 Å². The Morgan fingerprint density at radius 3 is 2.67 bits per heavy atom. The summed E-state index contributed by atoms with van der Waals surface area (Å²) < 4.78 is 18.7. The molecule has 0 spiro atoms. The third-order valence-electron chi connectivity index (χ3n) is 2.88. The molecule has 3 nitrogen and oxygen atoms in total. The number of likely N-dealkylation sites (N-methyl/N-ethyl adjacent to an activating group) is 1. The zero-order chi connectivity index (χ0) is 13.5. The van der Waals surface area contributed by atoms with E-state index in [0.717, 1.165) is 12.1 Å². The van der Waals surface area contributed by atoms with E-state index in [4.69, 9.17) is 10.5 Å². The summed E-state index contributed by atoms with van der Waals surface area (Å²) in [5.74, 6) is -0.224. The van der Waals surface area contributed by atoms with E-state index >= 15 is 0 Å². The predicted octanol–water partition coefficient (Wildman–Crippen LogP) is 2.18. The molecular formula is C14H23FN2O. The van der Waals surface area contributed by atoms with Crippen molar-refractivity contribution in [2.45, 2.75) is 26.0 Å². The van der Waals surface area contributed by atoms with Crippen LogP contribution >= 0.6 is 0 Å². The van der Waals surface area contributed by atoms with Crippen molar-refractivity contribution in [3.63, 3.8) is 0 Å². The monoisotopic (exact) mass is 254 g/mol. The molecule has 2 N–H and O–H groups in total. The van der Waals surface area contributed by atoms with Gasteiger partial charge in [0.15, 0.2) is 0 Å². The Balaban J connectivity index is 2.59. The van der Waals surface area contributed by atoms with Crippen LogP contribution in [-0.2, 0) is 4.74 Å². The third kappa shape index (κ3) is 4.72. The van der Waals surface area contributed by atoms with Crippen molar-refractivity contribution in [2.75, 3.05) is 26.7 Å². The van der Waals surface area contributed by atoms with Crippen LogP contribution < -0.4 is 5.73 Å². The molecule has 1 aromatic carbocycles. The lowest BCUT2D eigenvalue weighted by Gasteiger charge is -2.27. The second-order valence-corrected chi connectivity index (χ2v) is 4.71. The molecule has 1 atom stereocenters. The summed E-state index contributed by atoms with van der Waals surface area (Å²) in [7, 11) is 1.98. The molecule has 0 bridgehead atoms. The molecule has 4 heteroatoms. The van der Waals surface area contributed by atoms with Gasteiger partial charge in [-0.25, -0.2) is 4.39 Å². The highest BCUT2D eigenvalue weighted by Gasteiger charge is 2.15. The van der Waals surface area contributed by atoms with Gasteiger partial charge >= 0.3 is 0 Å². The SMILES string of the molecule is CC(C)OCCN(C)C(CN)c1cccc(F)c1. The molecule has 1 unspecified atom stereocenters. The number of nitrogens with zero attached hydrogens (tertiary/aromatic N) is 1. The smallest absolute Gasteiger partial charge is 0.123 e. The number of halogens is 1. The second kappa shape index (κ2) is 7.46. The molecule has 0 saturated carbocycles. The summed E-state index contributed by atoms with van der Waals surface area (Å²) in [6.45, 7) is 5.90. The number of hydrogen-bond acceptors (Lipinski definition) is 3. The van der Waals surface area contributed by atoms with Gasteiger partial charge in [-0.15, -0.1) is 0 Å². The van der Waals surface area contributed by atoms with Crippen molar-refractivity contribution in [1.82, 2.24) is 4.90 Å². The molecule has 0 aromatic heterocycles. The molecule has 0 amide bonds. The molecule has 102 valence electrons. The van der Waals surface area contributed by atoms with E-state index in [1.807, 2.05) is 27.0 Å². The first-order chi connectivity index (χ1) is 8.54. The Morgan fingerprint density at radius 2 is 2.11 bits per heavy atom. The van der Waals surface area contributed by atoms with Gasteiger partial charge in [-0.3, -0.25) is 4.90 Å². The zero-order valence-corrected chi connectivity index (χ0v) is 11.4. The van der Waals surface area contributed by atoms with Crippen molar-refractivity contribution >= 4 is 0 Å². The highest BCUT2D eigenvalue weighted by atomic mass is 19.1. The number of nitrogens with two attached hydrogens (primary N) is 1. The summed E-state index contributed by atoms with van der Waals surface area (Å²) in [6.07, 6.45) is 0.226. The van der Waals surface area contributed by atoms with Crippen LogP contribution in [0.2, 0.25) is 0 Å². The highest BCUT2D eigenvalue weighted by Crippen LogP contribution is 2.18. The Hall–Kier alpha value is -0.970. The van der Waals surface area contributed by atoms with Gasteiger partial charge in [0.2, 0.25) is 0 Å². The van der Waals surface area contributed by atoms with Crippen molar-refractivity contribution in [2.24, 2.45) is 5.73 Å². The summed E-state index contributed by atoms with van der Waals surface area (Å²) >= 11 is 0. The van der Waals surface area contributed by atoms with Gasteiger partial charge in [0.05, 0.1) is 12.7 Å². The third-order valence-corrected chi connectivity index (χ3v) is 2.88. The summed E-state index contributed by atoms with van der Waals surface area (Å²) in [5.41, 5.74) is 6.69. The molecule has 0 radical (unpaired) electrons. The van der Waals surface area contributed by atoms with Gasteiger partial charge in [0.1, 0.15) is 5.82 Å². The van der Waals surface area contributed by atoms with E-state index in [0.29, 0.717) is 13.2 Å². The predicted molar refractivity (Wildman–Crippen MR) is 71.9 cm³/mol. The van der Waals surface area contributed by atoms with Crippen molar-refractivity contribution < 1.29 is 9.13 Å². The van der Waals surface area contributed by atoms with E-state index < -0.39 is 0 Å². The van der Waals surface area contributed by atoms with Crippen molar-refractivity contribution in [3.8, 4) is 0 Å². The van der Waals surface area contributed by atoms with Crippen LogP contribution in [0.4, 0.5) is 4.39 Å². The molecule has 0 aliphatic heterocycles. The molecule has 0 heterocycles. The van der Waals surface area contributed by atoms with E-state index in [2.05, 4.69) is 4.90 Å². The van der Waals surface area contributed by atoms with Crippen molar-refractivity contribution in [3.05, 3.63) is 35.6 Å². The first kappa shape index (κ1) is 15.1. The topological polar surface area (TPSA) is 38.5 Å². The average molecular weight is 254 g/mol. The number of benzene rings is 1. The van der Waals surface area contributed by atoms with Gasteiger partial charge in [-0.1, -0.05) is 12.1 Å². The molecule has 0 aliphatic rings. The minimum absolute atomic E-state index is 0.0245. The zero-order valence-electron chi connectivity index (χ0n) is 11.4. The maximum atomic E-state index is 13.2. The maximum absolute atomic E-state index is 13.2. The number of ether oxygens (including phenoxy) is 1. The molecule has 18 heavy (non-hydrogen) atoms. The largest absolute Gasteiger partial charge is 0.377 e. The molecule has 0 saturated heterocycles. The van der Waals surface area contributed by atoms with Crippen LogP contribution in [0.1, 0.15) is 25.5 Å². The van der Waals surface area contributed by atoms with Gasteiger partial charge < -0.3 is 10.5 Å². The minimum atomic E-state index is -0.224. The molecule has 1 aromatic rings. The van der Waals surface area contributed by atoms with Gasteiger partial charge in [-0.2, -0.15) is 0 Å². The average Bonchev–Trinajstić information content (AvgIpc) is 2.29. The van der Waals surface area contributed by atoms with Crippen LogP contribution in [0.25, 0.3) is 0 Å². The Labute approximate surface area is 109 Å². The van der Waals surface area contributed by atoms with E-state index in [1.54, 1.807) is 6.07 Å². The Bertz CT molecular complexity index is 357. The Kier molecular flexibility index (Phi) is 6.25. The van der Waals surface area contributed by atoms with Crippen LogP contribution in [0, 0.1) is 5.82 Å². The van der Waals surface area contributed by atoms with Crippen LogP contribution in [0.5, 0.6) is 0 Å². The molecule has 0 aliphatic carbocycles. The van der Waals surface area contributed by atoms with Crippen molar-refractivity contribution in [1.29, 1.82) is 0 Å². The fourth-order valence-electron chi connectivity index (χ4n) is 1.87. The van der Waals surface area contributed by atoms with E-state index in [1.165, 1.54) is 12.1 Å². The highest BCUT2D eigenvalue weighted by molar-refractivity contribution is 5.20. The van der Waals surface area contributed by atoms with Crippen LogP contribution in [-0.4, -0.2) is 37.7 Å². The fourth-order valence-corrected chi connectivity index (χ4v) is 1.87.